The van der Waals surface area contributed by atoms with Gasteiger partial charge >= 0.3 is 0 Å². The van der Waals surface area contributed by atoms with Crippen LogP contribution in [0.1, 0.15) is 49.4 Å². The molecule has 1 saturated carbocycles. The van der Waals surface area contributed by atoms with Gasteiger partial charge in [-0.2, -0.15) is 4.39 Å². The largest absolute Gasteiger partial charge is 0.352 e. The van der Waals surface area contributed by atoms with Crippen LogP contribution in [0, 0.1) is 23.6 Å². The molecule has 20 heavy (non-hydrogen) atoms. The van der Waals surface area contributed by atoms with Gasteiger partial charge < -0.3 is 5.32 Å². The van der Waals surface area contributed by atoms with Crippen molar-refractivity contribution in [3.63, 3.8) is 0 Å². The van der Waals surface area contributed by atoms with Crippen molar-refractivity contribution < 1.29 is 13.6 Å². The number of nitrogens with one attached hydrogen (secondary N) is 1. The van der Waals surface area contributed by atoms with E-state index in [-0.39, 0.29) is 5.56 Å². The molecule has 5 heteroatoms. The number of amides is 1. The lowest BCUT2D eigenvalue weighted by molar-refractivity contribution is 0.0935. The lowest BCUT2D eigenvalue weighted by Gasteiger charge is -2.27. The Balaban J connectivity index is 1.85. The Morgan fingerprint density at radius 1 is 1.30 bits per heavy atom. The number of pyridine rings is 1. The third-order valence-corrected chi connectivity index (χ3v) is 4.19. The summed E-state index contributed by atoms with van der Waals surface area (Å²) in [6.45, 7) is 2.73. The highest BCUT2D eigenvalue weighted by Gasteiger charge is 2.21. The van der Waals surface area contributed by atoms with Gasteiger partial charge in [0, 0.05) is 12.7 Å². The Morgan fingerprint density at radius 2 is 1.95 bits per heavy atom. The minimum absolute atomic E-state index is 0.278. The monoisotopic (exact) mass is 282 g/mol. The average molecular weight is 282 g/mol. The van der Waals surface area contributed by atoms with Crippen LogP contribution in [0.2, 0.25) is 0 Å². The minimum atomic E-state index is -1.24. The van der Waals surface area contributed by atoms with E-state index >= 15 is 0 Å². The number of nitrogens with zero attached hydrogens (tertiary/aromatic N) is 1. The van der Waals surface area contributed by atoms with Crippen molar-refractivity contribution in [1.29, 1.82) is 0 Å². The molecular weight excluding hydrogens is 262 g/mol. The van der Waals surface area contributed by atoms with Crippen molar-refractivity contribution in [3.05, 3.63) is 29.6 Å². The van der Waals surface area contributed by atoms with Crippen molar-refractivity contribution in [1.82, 2.24) is 10.3 Å². The average Bonchev–Trinajstić information content (AvgIpc) is 2.48. The Bertz CT molecular complexity index is 471. The van der Waals surface area contributed by atoms with Crippen LogP contribution in [0.15, 0.2) is 12.3 Å². The Hall–Kier alpha value is -1.52. The summed E-state index contributed by atoms with van der Waals surface area (Å²) in [4.78, 5) is 15.0. The zero-order valence-electron chi connectivity index (χ0n) is 11.7. The Kier molecular flexibility index (Phi) is 5.04. The predicted octanol–water partition coefficient (Wildman–Crippen LogP) is 3.31. The van der Waals surface area contributed by atoms with Gasteiger partial charge in [-0.3, -0.25) is 4.79 Å². The molecule has 0 saturated heterocycles. The summed E-state index contributed by atoms with van der Waals surface area (Å²) in [6, 6.07) is 1.20. The van der Waals surface area contributed by atoms with E-state index in [0.717, 1.165) is 25.0 Å². The van der Waals surface area contributed by atoms with Crippen LogP contribution in [-0.2, 0) is 0 Å². The van der Waals surface area contributed by atoms with Gasteiger partial charge in [-0.05, 0) is 30.7 Å². The Morgan fingerprint density at radius 3 is 2.60 bits per heavy atom. The second-order valence-corrected chi connectivity index (χ2v) is 5.47. The number of hydrogen-bond acceptors (Lipinski definition) is 2. The van der Waals surface area contributed by atoms with Crippen molar-refractivity contribution in [2.75, 3.05) is 6.54 Å². The van der Waals surface area contributed by atoms with Gasteiger partial charge in [0.1, 0.15) is 0 Å². The maximum Gasteiger partial charge on any atom is 0.254 e. The molecule has 1 aliphatic rings. The highest BCUT2D eigenvalue weighted by molar-refractivity contribution is 5.94. The van der Waals surface area contributed by atoms with Gasteiger partial charge in [-0.15, -0.1) is 0 Å². The SMILES string of the molecule is CCC1CCC(CNC(=O)c2ccnc(F)c2F)CC1. The molecule has 0 bridgehead atoms. The molecule has 0 aromatic carbocycles. The van der Waals surface area contributed by atoms with Gasteiger partial charge in [0.2, 0.25) is 5.95 Å². The first-order valence-electron chi connectivity index (χ1n) is 7.20. The molecule has 0 unspecified atom stereocenters. The Labute approximate surface area is 117 Å². The topological polar surface area (TPSA) is 42.0 Å². The molecule has 1 aromatic rings. The maximum absolute atomic E-state index is 13.4. The quantitative estimate of drug-likeness (QED) is 0.861. The van der Waals surface area contributed by atoms with Gasteiger partial charge in [-0.25, -0.2) is 9.37 Å². The van der Waals surface area contributed by atoms with Crippen molar-refractivity contribution in [2.45, 2.75) is 39.0 Å². The summed E-state index contributed by atoms with van der Waals surface area (Å²) in [6.07, 6.45) is 6.86. The van der Waals surface area contributed by atoms with Crippen molar-refractivity contribution in [3.8, 4) is 0 Å². The molecule has 0 radical (unpaired) electrons. The number of carbonyl (C=O) groups is 1. The predicted molar refractivity (Wildman–Crippen MR) is 72.2 cm³/mol. The third-order valence-electron chi connectivity index (χ3n) is 4.19. The number of hydrogen-bond donors (Lipinski definition) is 1. The molecule has 0 spiro atoms. The number of carbonyl (C=O) groups excluding carboxylic acids is 1. The summed E-state index contributed by atoms with van der Waals surface area (Å²) >= 11 is 0. The molecule has 0 aliphatic heterocycles. The molecule has 1 aromatic heterocycles. The van der Waals surface area contributed by atoms with Gasteiger partial charge in [0.05, 0.1) is 5.56 Å². The van der Waals surface area contributed by atoms with Crippen LogP contribution in [0.5, 0.6) is 0 Å². The molecule has 0 atom stereocenters. The van der Waals surface area contributed by atoms with E-state index in [2.05, 4.69) is 17.2 Å². The van der Waals surface area contributed by atoms with Crippen LogP contribution in [0.25, 0.3) is 0 Å². The van der Waals surface area contributed by atoms with E-state index in [0.29, 0.717) is 12.5 Å². The first kappa shape index (κ1) is 14.9. The second kappa shape index (κ2) is 6.77. The lowest BCUT2D eigenvalue weighted by Crippen LogP contribution is -2.32. The van der Waals surface area contributed by atoms with E-state index in [1.54, 1.807) is 0 Å². The first-order valence-corrected chi connectivity index (χ1v) is 7.20. The molecule has 1 aliphatic carbocycles. The zero-order valence-corrected chi connectivity index (χ0v) is 11.7. The highest BCUT2D eigenvalue weighted by atomic mass is 19.2. The maximum atomic E-state index is 13.4. The van der Waals surface area contributed by atoms with Crippen LogP contribution < -0.4 is 5.32 Å². The lowest BCUT2D eigenvalue weighted by atomic mass is 9.81. The van der Waals surface area contributed by atoms with E-state index in [9.17, 15) is 13.6 Å². The summed E-state index contributed by atoms with van der Waals surface area (Å²) in [5.41, 5.74) is -0.278. The first-order chi connectivity index (χ1) is 9.61. The smallest absolute Gasteiger partial charge is 0.254 e. The van der Waals surface area contributed by atoms with Crippen LogP contribution in [0.3, 0.4) is 0 Å². The van der Waals surface area contributed by atoms with Gasteiger partial charge in [0.25, 0.3) is 5.91 Å². The molecule has 110 valence electrons. The molecule has 2 rings (SSSR count). The summed E-state index contributed by atoms with van der Waals surface area (Å²) in [7, 11) is 0. The van der Waals surface area contributed by atoms with Crippen LogP contribution in [-0.4, -0.2) is 17.4 Å². The normalized spacial score (nSPS) is 22.6. The molecule has 3 nitrogen and oxygen atoms in total. The fourth-order valence-electron chi connectivity index (χ4n) is 2.77. The third kappa shape index (κ3) is 3.52. The second-order valence-electron chi connectivity index (χ2n) is 5.47. The molecule has 1 N–H and O–H groups in total. The zero-order chi connectivity index (χ0) is 14.5. The molecule has 1 heterocycles. The van der Waals surface area contributed by atoms with Crippen molar-refractivity contribution in [2.24, 2.45) is 11.8 Å². The fourth-order valence-corrected chi connectivity index (χ4v) is 2.77. The molecular formula is C15H20F2N2O. The summed E-state index contributed by atoms with van der Waals surface area (Å²) in [5.74, 6) is -1.74. The minimum Gasteiger partial charge on any atom is -0.352 e. The van der Waals surface area contributed by atoms with Crippen molar-refractivity contribution >= 4 is 5.91 Å². The fraction of sp³-hybridized carbons (Fsp3) is 0.600. The standard InChI is InChI=1S/C15H20F2N2O/c1-2-10-3-5-11(6-4-10)9-19-15(20)12-7-8-18-14(17)13(12)16/h7-8,10-11H,2-6,9H2,1H3,(H,19,20). The number of aromatic nitrogens is 1. The van der Waals surface area contributed by atoms with Crippen LogP contribution in [0.4, 0.5) is 8.78 Å². The number of halogens is 2. The van der Waals surface area contributed by atoms with E-state index in [1.807, 2.05) is 0 Å². The molecule has 1 amide bonds. The summed E-state index contributed by atoms with van der Waals surface area (Å²) in [5, 5.41) is 2.70. The highest BCUT2D eigenvalue weighted by Crippen LogP contribution is 2.30. The van der Waals surface area contributed by atoms with E-state index in [1.165, 1.54) is 25.3 Å². The van der Waals surface area contributed by atoms with E-state index in [4.69, 9.17) is 0 Å². The number of rotatable bonds is 4. The molecule has 1 fully saturated rings. The summed E-state index contributed by atoms with van der Waals surface area (Å²) < 4.78 is 26.4. The van der Waals surface area contributed by atoms with Gasteiger partial charge in [0.15, 0.2) is 5.82 Å². The van der Waals surface area contributed by atoms with Gasteiger partial charge in [-0.1, -0.05) is 26.2 Å². The van der Waals surface area contributed by atoms with Crippen LogP contribution >= 0.6 is 0 Å². The van der Waals surface area contributed by atoms with E-state index < -0.39 is 17.7 Å².